The minimum Gasteiger partial charge on any atom is -0.496 e. The van der Waals surface area contributed by atoms with Gasteiger partial charge in [0.1, 0.15) is 5.75 Å². The highest BCUT2D eigenvalue weighted by atomic mass is 16.5. The third-order valence-corrected chi connectivity index (χ3v) is 3.60. The lowest BCUT2D eigenvalue weighted by atomic mass is 10.1. The Labute approximate surface area is 131 Å². The zero-order valence-corrected chi connectivity index (χ0v) is 13.3. The lowest BCUT2D eigenvalue weighted by Crippen LogP contribution is -2.54. The number of piperazine rings is 1. The topological polar surface area (TPSA) is 61.9 Å². The van der Waals surface area contributed by atoms with E-state index in [1.54, 1.807) is 29.0 Å². The van der Waals surface area contributed by atoms with E-state index in [2.05, 4.69) is 5.32 Å². The van der Waals surface area contributed by atoms with Crippen molar-refractivity contribution in [1.82, 2.24) is 15.1 Å². The summed E-state index contributed by atoms with van der Waals surface area (Å²) in [6, 6.07) is 7.24. The fraction of sp³-hybridized carbons (Fsp3) is 0.500. The van der Waals surface area contributed by atoms with E-state index in [4.69, 9.17) is 4.74 Å². The van der Waals surface area contributed by atoms with Gasteiger partial charge in [0.2, 0.25) is 0 Å². The molecule has 1 heterocycles. The first kappa shape index (κ1) is 16.1. The number of nitrogens with zero attached hydrogens (tertiary/aromatic N) is 2. The molecule has 22 heavy (non-hydrogen) atoms. The maximum atomic E-state index is 12.6. The van der Waals surface area contributed by atoms with Gasteiger partial charge in [-0.3, -0.25) is 4.79 Å². The van der Waals surface area contributed by atoms with E-state index in [0.29, 0.717) is 37.5 Å². The Balaban J connectivity index is 1.96. The monoisotopic (exact) mass is 305 g/mol. The molecule has 1 aromatic carbocycles. The fourth-order valence-electron chi connectivity index (χ4n) is 2.44. The Kier molecular flexibility index (Phi) is 5.25. The molecular formula is C16H23N3O3. The van der Waals surface area contributed by atoms with Crippen molar-refractivity contribution in [1.29, 1.82) is 0 Å². The van der Waals surface area contributed by atoms with Gasteiger partial charge in [-0.1, -0.05) is 12.1 Å². The largest absolute Gasteiger partial charge is 0.496 e. The predicted molar refractivity (Wildman–Crippen MR) is 84.1 cm³/mol. The van der Waals surface area contributed by atoms with E-state index in [1.165, 1.54) is 0 Å². The van der Waals surface area contributed by atoms with Crippen LogP contribution in [0.4, 0.5) is 4.79 Å². The molecule has 0 bridgehead atoms. The second-order valence-corrected chi connectivity index (χ2v) is 5.58. The number of methoxy groups -OCH3 is 1. The van der Waals surface area contributed by atoms with Gasteiger partial charge in [-0.2, -0.15) is 0 Å². The number of ether oxygens (including phenoxy) is 1. The Morgan fingerprint density at radius 3 is 2.27 bits per heavy atom. The molecule has 0 aromatic heterocycles. The second kappa shape index (κ2) is 7.15. The zero-order valence-electron chi connectivity index (χ0n) is 13.3. The molecule has 1 aliphatic rings. The van der Waals surface area contributed by atoms with Gasteiger partial charge >= 0.3 is 6.03 Å². The van der Waals surface area contributed by atoms with E-state index >= 15 is 0 Å². The Morgan fingerprint density at radius 2 is 1.68 bits per heavy atom. The summed E-state index contributed by atoms with van der Waals surface area (Å²) in [5.74, 6) is 0.522. The minimum atomic E-state index is -0.0700. The summed E-state index contributed by atoms with van der Waals surface area (Å²) in [5, 5.41) is 2.87. The summed E-state index contributed by atoms with van der Waals surface area (Å²) in [4.78, 5) is 28.0. The number of urea groups is 1. The molecule has 0 spiro atoms. The molecule has 0 atom stereocenters. The molecule has 6 nitrogen and oxygen atoms in total. The van der Waals surface area contributed by atoms with Crippen LogP contribution in [0.25, 0.3) is 0 Å². The van der Waals surface area contributed by atoms with Gasteiger partial charge in [0, 0.05) is 32.2 Å². The summed E-state index contributed by atoms with van der Waals surface area (Å²) in [5.41, 5.74) is 0.560. The second-order valence-electron chi connectivity index (χ2n) is 5.58. The fourth-order valence-corrected chi connectivity index (χ4v) is 2.44. The number of benzene rings is 1. The summed E-state index contributed by atoms with van der Waals surface area (Å²) >= 11 is 0. The van der Waals surface area contributed by atoms with Gasteiger partial charge in [0.15, 0.2) is 0 Å². The molecule has 1 N–H and O–H groups in total. The minimum absolute atomic E-state index is 0.0543. The molecule has 0 unspecified atom stereocenters. The number of hydrogen-bond donors (Lipinski definition) is 1. The third kappa shape index (κ3) is 3.69. The average Bonchev–Trinajstić information content (AvgIpc) is 2.53. The van der Waals surface area contributed by atoms with Gasteiger partial charge in [0.05, 0.1) is 12.7 Å². The van der Waals surface area contributed by atoms with Crippen LogP contribution in [0.3, 0.4) is 0 Å². The highest BCUT2D eigenvalue weighted by Crippen LogP contribution is 2.20. The van der Waals surface area contributed by atoms with Crippen LogP contribution in [0.5, 0.6) is 5.75 Å². The van der Waals surface area contributed by atoms with Crippen LogP contribution in [-0.2, 0) is 0 Å². The lowest BCUT2D eigenvalue weighted by Gasteiger charge is -2.35. The highest BCUT2D eigenvalue weighted by Gasteiger charge is 2.26. The predicted octanol–water partition coefficient (Wildman–Crippen LogP) is 1.57. The molecule has 3 amide bonds. The molecule has 1 aliphatic heterocycles. The van der Waals surface area contributed by atoms with Crippen LogP contribution >= 0.6 is 0 Å². The van der Waals surface area contributed by atoms with Crippen LogP contribution in [-0.4, -0.2) is 61.1 Å². The van der Waals surface area contributed by atoms with Crippen molar-refractivity contribution in [3.63, 3.8) is 0 Å². The molecule has 6 heteroatoms. The number of carbonyl (C=O) groups excluding carboxylic acids is 2. The summed E-state index contributed by atoms with van der Waals surface area (Å²) in [7, 11) is 1.56. The van der Waals surface area contributed by atoms with E-state index in [-0.39, 0.29) is 18.0 Å². The quantitative estimate of drug-likeness (QED) is 0.922. The van der Waals surface area contributed by atoms with E-state index in [9.17, 15) is 9.59 Å². The lowest BCUT2D eigenvalue weighted by molar-refractivity contribution is 0.0660. The number of amides is 3. The Hall–Kier alpha value is -2.24. The molecule has 0 aliphatic carbocycles. The van der Waals surface area contributed by atoms with Gasteiger partial charge < -0.3 is 19.9 Å². The molecule has 1 fully saturated rings. The van der Waals surface area contributed by atoms with Gasteiger partial charge in [-0.15, -0.1) is 0 Å². The first-order chi connectivity index (χ1) is 10.5. The molecule has 0 radical (unpaired) electrons. The average molecular weight is 305 g/mol. The van der Waals surface area contributed by atoms with Crippen LogP contribution in [0.2, 0.25) is 0 Å². The SMILES string of the molecule is COc1ccccc1C(=O)N1CCN(C(=O)NC(C)C)CC1. The van der Waals surface area contributed by atoms with Crippen molar-refractivity contribution < 1.29 is 14.3 Å². The van der Waals surface area contributed by atoms with Gasteiger partial charge in [-0.05, 0) is 26.0 Å². The summed E-state index contributed by atoms with van der Waals surface area (Å²) in [6.07, 6.45) is 0. The zero-order chi connectivity index (χ0) is 16.1. The first-order valence-corrected chi connectivity index (χ1v) is 7.50. The van der Waals surface area contributed by atoms with E-state index < -0.39 is 0 Å². The van der Waals surface area contributed by atoms with Gasteiger partial charge in [0.25, 0.3) is 5.91 Å². The molecule has 1 aromatic rings. The van der Waals surface area contributed by atoms with Gasteiger partial charge in [-0.25, -0.2) is 4.79 Å². The van der Waals surface area contributed by atoms with Crippen LogP contribution in [0, 0.1) is 0 Å². The molecular weight excluding hydrogens is 282 g/mol. The number of para-hydroxylation sites is 1. The van der Waals surface area contributed by atoms with Crippen molar-refractivity contribution in [2.75, 3.05) is 33.3 Å². The third-order valence-electron chi connectivity index (χ3n) is 3.60. The number of nitrogens with one attached hydrogen (secondary N) is 1. The number of carbonyl (C=O) groups is 2. The van der Waals surface area contributed by atoms with Crippen LogP contribution in [0.1, 0.15) is 24.2 Å². The maximum Gasteiger partial charge on any atom is 0.317 e. The van der Waals surface area contributed by atoms with Crippen molar-refractivity contribution >= 4 is 11.9 Å². The molecule has 0 saturated carbocycles. The van der Waals surface area contributed by atoms with Crippen molar-refractivity contribution in [3.05, 3.63) is 29.8 Å². The maximum absolute atomic E-state index is 12.6. The Morgan fingerprint density at radius 1 is 1.09 bits per heavy atom. The standard InChI is InChI=1S/C16H23N3O3/c1-12(2)17-16(21)19-10-8-18(9-11-19)15(20)13-6-4-5-7-14(13)22-3/h4-7,12H,8-11H2,1-3H3,(H,17,21). The molecule has 120 valence electrons. The van der Waals surface area contributed by atoms with E-state index in [0.717, 1.165) is 0 Å². The smallest absolute Gasteiger partial charge is 0.317 e. The van der Waals surface area contributed by atoms with E-state index in [1.807, 2.05) is 26.0 Å². The van der Waals surface area contributed by atoms with Crippen molar-refractivity contribution in [3.8, 4) is 5.75 Å². The van der Waals surface area contributed by atoms with Crippen LogP contribution < -0.4 is 10.1 Å². The summed E-state index contributed by atoms with van der Waals surface area (Å²) in [6.45, 7) is 6.00. The van der Waals surface area contributed by atoms with Crippen molar-refractivity contribution in [2.45, 2.75) is 19.9 Å². The summed E-state index contributed by atoms with van der Waals surface area (Å²) < 4.78 is 5.24. The normalized spacial score (nSPS) is 14.9. The molecule has 1 saturated heterocycles. The van der Waals surface area contributed by atoms with Crippen LogP contribution in [0.15, 0.2) is 24.3 Å². The molecule has 2 rings (SSSR count). The number of rotatable bonds is 3. The highest BCUT2D eigenvalue weighted by molar-refractivity contribution is 5.97. The van der Waals surface area contributed by atoms with Crippen molar-refractivity contribution in [2.24, 2.45) is 0 Å². The Bertz CT molecular complexity index is 537. The number of hydrogen-bond acceptors (Lipinski definition) is 3. The first-order valence-electron chi connectivity index (χ1n) is 7.50.